The lowest BCUT2D eigenvalue weighted by atomic mass is 10.0. The molecule has 2 aromatic rings. The average Bonchev–Trinajstić information content (AvgIpc) is 2.77. The van der Waals surface area contributed by atoms with Gasteiger partial charge in [0.1, 0.15) is 5.82 Å². The van der Waals surface area contributed by atoms with Crippen LogP contribution in [-0.2, 0) is 0 Å². The molecule has 0 N–H and O–H groups in total. The zero-order valence-electron chi connectivity index (χ0n) is 9.72. The van der Waals surface area contributed by atoms with E-state index in [9.17, 15) is 9.18 Å². The molecule has 17 heavy (non-hydrogen) atoms. The summed E-state index contributed by atoms with van der Waals surface area (Å²) in [5.74, 6) is -0.505. The van der Waals surface area contributed by atoms with Crippen molar-refractivity contribution >= 4 is 6.29 Å². The smallest absolute Gasteiger partial charge is 0.153 e. The van der Waals surface area contributed by atoms with Crippen molar-refractivity contribution in [2.24, 2.45) is 0 Å². The van der Waals surface area contributed by atoms with Crippen LogP contribution in [0.1, 0.15) is 30.2 Å². The van der Waals surface area contributed by atoms with E-state index in [1.165, 1.54) is 6.07 Å². The summed E-state index contributed by atoms with van der Waals surface area (Å²) in [6.07, 6.45) is 3.99. The maximum atomic E-state index is 13.4. The number of rotatable bonds is 3. The lowest BCUT2D eigenvalue weighted by molar-refractivity contribution is 0.112. The van der Waals surface area contributed by atoms with Gasteiger partial charge >= 0.3 is 0 Å². The molecule has 0 aliphatic carbocycles. The summed E-state index contributed by atoms with van der Waals surface area (Å²) < 4.78 is 15.2. The monoisotopic (exact) mass is 232 g/mol. The molecular formula is C13H13FN2O. The molecule has 0 spiro atoms. The zero-order valence-corrected chi connectivity index (χ0v) is 9.72. The summed E-state index contributed by atoms with van der Waals surface area (Å²) in [6.45, 7) is 4.01. The summed E-state index contributed by atoms with van der Waals surface area (Å²) in [4.78, 5) is 10.9. The minimum absolute atomic E-state index is 0.0795. The van der Waals surface area contributed by atoms with Crippen LogP contribution in [0.5, 0.6) is 0 Å². The van der Waals surface area contributed by atoms with Gasteiger partial charge in [-0.05, 0) is 25.5 Å². The van der Waals surface area contributed by atoms with Crippen molar-refractivity contribution in [3.8, 4) is 11.1 Å². The number of hydrogen-bond donors (Lipinski definition) is 0. The second kappa shape index (κ2) is 4.49. The van der Waals surface area contributed by atoms with E-state index in [-0.39, 0.29) is 11.6 Å². The molecule has 0 atom stereocenters. The van der Waals surface area contributed by atoms with Crippen LogP contribution in [0.25, 0.3) is 11.1 Å². The number of nitrogens with zero attached hydrogens (tertiary/aromatic N) is 2. The molecule has 0 amide bonds. The van der Waals surface area contributed by atoms with E-state index in [0.717, 1.165) is 5.56 Å². The predicted octanol–water partition coefficient (Wildman–Crippen LogP) is 3.08. The second-order valence-electron chi connectivity index (χ2n) is 4.12. The molecule has 88 valence electrons. The van der Waals surface area contributed by atoms with Crippen LogP contribution in [0.2, 0.25) is 0 Å². The van der Waals surface area contributed by atoms with Gasteiger partial charge in [-0.2, -0.15) is 5.10 Å². The van der Waals surface area contributed by atoms with Crippen molar-refractivity contribution in [2.45, 2.75) is 19.9 Å². The number of carbonyl (C=O) groups is 1. The van der Waals surface area contributed by atoms with E-state index in [1.807, 2.05) is 20.0 Å². The first-order valence-electron chi connectivity index (χ1n) is 5.41. The van der Waals surface area contributed by atoms with Crippen LogP contribution in [0.4, 0.5) is 4.39 Å². The Labute approximate surface area is 98.9 Å². The van der Waals surface area contributed by atoms with Crippen molar-refractivity contribution in [1.82, 2.24) is 9.78 Å². The largest absolute Gasteiger partial charge is 0.298 e. The minimum Gasteiger partial charge on any atom is -0.298 e. The maximum absolute atomic E-state index is 13.4. The van der Waals surface area contributed by atoms with Crippen LogP contribution in [0.3, 0.4) is 0 Å². The van der Waals surface area contributed by atoms with Gasteiger partial charge in [-0.25, -0.2) is 4.39 Å². The van der Waals surface area contributed by atoms with E-state index in [0.29, 0.717) is 11.8 Å². The molecule has 0 unspecified atom stereocenters. The highest BCUT2D eigenvalue weighted by molar-refractivity contribution is 5.87. The molecule has 2 rings (SSSR count). The lowest BCUT2D eigenvalue weighted by Gasteiger charge is -2.04. The summed E-state index contributed by atoms with van der Waals surface area (Å²) in [6, 6.07) is 4.82. The first kappa shape index (κ1) is 11.5. The molecule has 0 radical (unpaired) electrons. The SMILES string of the molecule is CC(C)n1cc(-c2cccc(F)c2C=O)cn1. The number of benzene rings is 1. The normalized spacial score (nSPS) is 10.8. The highest BCUT2D eigenvalue weighted by Gasteiger charge is 2.11. The van der Waals surface area contributed by atoms with Crippen LogP contribution >= 0.6 is 0 Å². The quantitative estimate of drug-likeness (QED) is 0.762. The summed E-state index contributed by atoms with van der Waals surface area (Å²) >= 11 is 0. The Hall–Kier alpha value is -1.97. The topological polar surface area (TPSA) is 34.9 Å². The molecule has 3 nitrogen and oxygen atoms in total. The van der Waals surface area contributed by atoms with Gasteiger partial charge in [0.05, 0.1) is 11.8 Å². The molecule has 0 saturated heterocycles. The van der Waals surface area contributed by atoms with Gasteiger partial charge in [0.25, 0.3) is 0 Å². The third-order valence-corrected chi connectivity index (χ3v) is 2.61. The van der Waals surface area contributed by atoms with Crippen molar-refractivity contribution in [2.75, 3.05) is 0 Å². The van der Waals surface area contributed by atoms with Crippen molar-refractivity contribution in [1.29, 1.82) is 0 Å². The molecule has 1 aromatic heterocycles. The fourth-order valence-corrected chi connectivity index (χ4v) is 1.67. The zero-order chi connectivity index (χ0) is 12.4. The number of aldehydes is 1. The Morgan fingerprint density at radius 2 is 2.18 bits per heavy atom. The Kier molecular flexibility index (Phi) is 3.04. The average molecular weight is 232 g/mol. The number of hydrogen-bond acceptors (Lipinski definition) is 2. The van der Waals surface area contributed by atoms with E-state index < -0.39 is 5.82 Å². The highest BCUT2D eigenvalue weighted by Crippen LogP contribution is 2.24. The fraction of sp³-hybridized carbons (Fsp3) is 0.231. The van der Waals surface area contributed by atoms with E-state index in [4.69, 9.17) is 0 Å². The van der Waals surface area contributed by atoms with Crippen LogP contribution in [-0.4, -0.2) is 16.1 Å². The number of aromatic nitrogens is 2. The van der Waals surface area contributed by atoms with E-state index in [2.05, 4.69) is 5.10 Å². The molecule has 1 heterocycles. The second-order valence-corrected chi connectivity index (χ2v) is 4.12. The van der Waals surface area contributed by atoms with Crippen molar-refractivity contribution < 1.29 is 9.18 Å². The molecule has 0 saturated carbocycles. The number of halogens is 1. The van der Waals surface area contributed by atoms with Gasteiger partial charge in [0, 0.05) is 17.8 Å². The van der Waals surface area contributed by atoms with Crippen LogP contribution < -0.4 is 0 Å². The first-order chi connectivity index (χ1) is 8.13. The molecule has 4 heteroatoms. The van der Waals surface area contributed by atoms with Gasteiger partial charge in [0.2, 0.25) is 0 Å². The molecular weight excluding hydrogens is 219 g/mol. The molecule has 0 aliphatic rings. The molecule has 0 aliphatic heterocycles. The maximum Gasteiger partial charge on any atom is 0.153 e. The molecule has 0 fully saturated rings. The number of carbonyl (C=O) groups excluding carboxylic acids is 1. The van der Waals surface area contributed by atoms with Crippen molar-refractivity contribution in [3.63, 3.8) is 0 Å². The Balaban J connectivity index is 2.52. The van der Waals surface area contributed by atoms with Gasteiger partial charge in [-0.1, -0.05) is 12.1 Å². The summed E-state index contributed by atoms with van der Waals surface area (Å²) in [5.41, 5.74) is 1.41. The van der Waals surface area contributed by atoms with Crippen LogP contribution in [0, 0.1) is 5.82 Å². The van der Waals surface area contributed by atoms with Crippen LogP contribution in [0.15, 0.2) is 30.6 Å². The van der Waals surface area contributed by atoms with Gasteiger partial charge in [0.15, 0.2) is 6.29 Å². The summed E-state index contributed by atoms with van der Waals surface area (Å²) in [5, 5.41) is 4.18. The predicted molar refractivity (Wildman–Crippen MR) is 63.4 cm³/mol. The van der Waals surface area contributed by atoms with E-state index >= 15 is 0 Å². The Morgan fingerprint density at radius 3 is 2.76 bits per heavy atom. The Bertz CT molecular complexity index is 546. The highest BCUT2D eigenvalue weighted by atomic mass is 19.1. The minimum atomic E-state index is -0.505. The third kappa shape index (κ3) is 2.11. The van der Waals surface area contributed by atoms with Crippen molar-refractivity contribution in [3.05, 3.63) is 42.0 Å². The molecule has 0 bridgehead atoms. The Morgan fingerprint density at radius 1 is 1.41 bits per heavy atom. The van der Waals surface area contributed by atoms with Gasteiger partial charge in [-0.15, -0.1) is 0 Å². The first-order valence-corrected chi connectivity index (χ1v) is 5.41. The lowest BCUT2D eigenvalue weighted by Crippen LogP contribution is -1.99. The van der Waals surface area contributed by atoms with E-state index in [1.54, 1.807) is 23.0 Å². The fourth-order valence-electron chi connectivity index (χ4n) is 1.67. The standard InChI is InChI=1S/C13H13FN2O/c1-9(2)16-7-10(6-15-16)11-4-3-5-13(14)12(11)8-17/h3-9H,1-2H3. The molecule has 1 aromatic carbocycles. The summed E-state index contributed by atoms with van der Waals surface area (Å²) in [7, 11) is 0. The third-order valence-electron chi connectivity index (χ3n) is 2.61. The van der Waals surface area contributed by atoms with Gasteiger partial charge in [-0.3, -0.25) is 9.48 Å². The van der Waals surface area contributed by atoms with Gasteiger partial charge < -0.3 is 0 Å².